The molecule has 5 atom stereocenters. The van der Waals surface area contributed by atoms with Gasteiger partial charge in [0.25, 0.3) is 0 Å². The van der Waals surface area contributed by atoms with Crippen LogP contribution in [-0.2, 0) is 14.4 Å². The van der Waals surface area contributed by atoms with Crippen LogP contribution in [0, 0.1) is 0 Å². The van der Waals surface area contributed by atoms with E-state index in [0.717, 1.165) is 0 Å². The van der Waals surface area contributed by atoms with Crippen molar-refractivity contribution in [3.63, 3.8) is 0 Å². The maximum Gasteiger partial charge on any atom is 0.206 e. The van der Waals surface area contributed by atoms with Gasteiger partial charge in [0.2, 0.25) is 6.29 Å². The van der Waals surface area contributed by atoms with Crippen molar-refractivity contribution >= 4 is 0 Å². The zero-order valence-electron chi connectivity index (χ0n) is 7.16. The maximum atomic E-state index is 9.43. The average molecular weight is 194 g/mol. The minimum absolute atomic E-state index is 0.564. The first kappa shape index (κ1) is 10.8. The van der Waals surface area contributed by atoms with Gasteiger partial charge in [-0.3, -0.25) is 9.68 Å². The Bertz CT molecular complexity index is 169. The monoisotopic (exact) mass is 194 g/mol. The van der Waals surface area contributed by atoms with Gasteiger partial charge in [0, 0.05) is 0 Å². The molecule has 0 bridgehead atoms. The molecular weight excluding hydrogens is 180 g/mol. The number of rotatable bonds is 2. The summed E-state index contributed by atoms with van der Waals surface area (Å²) in [6.07, 6.45) is -4.78. The average Bonchev–Trinajstić information content (AvgIpc) is 2.12. The molecule has 1 heterocycles. The number of hydrogen-bond donors (Lipinski definition) is 4. The molecule has 6 N–H and O–H groups in total. The SMILES string of the molecule is CC1OC(ON)C(O)C(ON)C1O. The zero-order valence-corrected chi connectivity index (χ0v) is 7.16. The fraction of sp³-hybridized carbons (Fsp3) is 1.00. The summed E-state index contributed by atoms with van der Waals surface area (Å²) in [6, 6.07) is 0. The smallest absolute Gasteiger partial charge is 0.206 e. The lowest BCUT2D eigenvalue weighted by atomic mass is 10.0. The van der Waals surface area contributed by atoms with Crippen molar-refractivity contribution < 1.29 is 24.6 Å². The highest BCUT2D eigenvalue weighted by atomic mass is 16.8. The van der Waals surface area contributed by atoms with Crippen molar-refractivity contribution in [2.24, 2.45) is 11.8 Å². The maximum absolute atomic E-state index is 9.43. The first-order valence-corrected chi connectivity index (χ1v) is 3.84. The molecule has 1 rings (SSSR count). The second kappa shape index (κ2) is 4.29. The van der Waals surface area contributed by atoms with Gasteiger partial charge >= 0.3 is 0 Å². The van der Waals surface area contributed by atoms with E-state index >= 15 is 0 Å². The lowest BCUT2D eigenvalue weighted by Crippen LogP contribution is -2.59. The summed E-state index contributed by atoms with van der Waals surface area (Å²) >= 11 is 0. The van der Waals surface area contributed by atoms with Crippen molar-refractivity contribution in [2.75, 3.05) is 0 Å². The van der Waals surface area contributed by atoms with Crippen LogP contribution >= 0.6 is 0 Å². The van der Waals surface area contributed by atoms with Crippen molar-refractivity contribution in [1.82, 2.24) is 0 Å². The van der Waals surface area contributed by atoms with E-state index in [2.05, 4.69) is 9.68 Å². The highest BCUT2D eigenvalue weighted by Crippen LogP contribution is 2.22. The largest absolute Gasteiger partial charge is 0.388 e. The number of aliphatic hydroxyl groups is 2. The molecule has 1 saturated heterocycles. The van der Waals surface area contributed by atoms with E-state index in [1.54, 1.807) is 6.92 Å². The second-order valence-electron chi connectivity index (χ2n) is 2.93. The van der Waals surface area contributed by atoms with Crippen LogP contribution in [0.25, 0.3) is 0 Å². The molecule has 0 aromatic carbocycles. The molecule has 0 saturated carbocycles. The summed E-state index contributed by atoms with van der Waals surface area (Å²) in [5.41, 5.74) is 0. The van der Waals surface area contributed by atoms with Crippen molar-refractivity contribution in [2.45, 2.75) is 37.6 Å². The Morgan fingerprint density at radius 3 is 2.23 bits per heavy atom. The molecule has 7 heteroatoms. The summed E-state index contributed by atoms with van der Waals surface area (Å²) < 4.78 is 5.01. The minimum Gasteiger partial charge on any atom is -0.388 e. The van der Waals surface area contributed by atoms with Gasteiger partial charge in [-0.15, -0.1) is 0 Å². The molecule has 0 aromatic heterocycles. The number of nitrogens with two attached hydrogens (primary N) is 2. The van der Waals surface area contributed by atoms with Gasteiger partial charge in [0.1, 0.15) is 18.3 Å². The Hall–Kier alpha value is -0.280. The lowest BCUT2D eigenvalue weighted by Gasteiger charge is -2.38. The highest BCUT2D eigenvalue weighted by molar-refractivity contribution is 4.87. The fourth-order valence-electron chi connectivity index (χ4n) is 1.27. The third kappa shape index (κ3) is 1.97. The van der Waals surface area contributed by atoms with E-state index in [-0.39, 0.29) is 0 Å². The van der Waals surface area contributed by atoms with Crippen LogP contribution in [0.4, 0.5) is 0 Å². The molecule has 0 aromatic rings. The van der Waals surface area contributed by atoms with E-state index in [9.17, 15) is 10.2 Å². The molecule has 1 fully saturated rings. The molecule has 0 radical (unpaired) electrons. The summed E-state index contributed by atoms with van der Waals surface area (Å²) in [5.74, 6) is 9.75. The molecular formula is C6H14N2O5. The minimum atomic E-state index is -1.21. The van der Waals surface area contributed by atoms with Gasteiger partial charge in [-0.25, -0.2) is 11.8 Å². The predicted octanol–water partition coefficient (Wildman–Crippen LogP) is -2.40. The highest BCUT2D eigenvalue weighted by Gasteiger charge is 2.44. The molecule has 7 nitrogen and oxygen atoms in total. The van der Waals surface area contributed by atoms with E-state index < -0.39 is 30.7 Å². The summed E-state index contributed by atoms with van der Waals surface area (Å²) in [7, 11) is 0. The van der Waals surface area contributed by atoms with Crippen LogP contribution in [0.15, 0.2) is 0 Å². The van der Waals surface area contributed by atoms with E-state index in [1.807, 2.05) is 0 Å². The van der Waals surface area contributed by atoms with Crippen LogP contribution in [-0.4, -0.2) is 40.9 Å². The third-order valence-electron chi connectivity index (χ3n) is 2.07. The number of ether oxygens (including phenoxy) is 1. The first-order chi connectivity index (χ1) is 6.11. The molecule has 0 aliphatic carbocycles. The lowest BCUT2D eigenvalue weighted by molar-refractivity contribution is -0.302. The zero-order chi connectivity index (χ0) is 10.0. The summed E-state index contributed by atoms with van der Waals surface area (Å²) in [5, 5.41) is 18.9. The van der Waals surface area contributed by atoms with Gasteiger partial charge in [-0.1, -0.05) is 0 Å². The van der Waals surface area contributed by atoms with Gasteiger partial charge in [-0.05, 0) is 6.92 Å². The number of aliphatic hydroxyl groups excluding tert-OH is 2. The topological polar surface area (TPSA) is 120 Å². The van der Waals surface area contributed by atoms with E-state index in [0.29, 0.717) is 0 Å². The standard InChI is InChI=1S/C6H14N2O5/c1-2-3(9)5(12-7)4(10)6(11-2)13-8/h2-6,9-10H,7-8H2,1H3. The van der Waals surface area contributed by atoms with Gasteiger partial charge in [0.15, 0.2) is 0 Å². The Labute approximate surface area is 75.1 Å². The molecule has 0 amide bonds. The van der Waals surface area contributed by atoms with Crippen LogP contribution < -0.4 is 11.8 Å². The first-order valence-electron chi connectivity index (χ1n) is 3.84. The normalized spacial score (nSPS) is 46.4. The Morgan fingerprint density at radius 2 is 1.77 bits per heavy atom. The van der Waals surface area contributed by atoms with Crippen molar-refractivity contribution in [3.05, 3.63) is 0 Å². The van der Waals surface area contributed by atoms with Crippen molar-refractivity contribution in [1.29, 1.82) is 0 Å². The Balaban J connectivity index is 2.69. The molecule has 13 heavy (non-hydrogen) atoms. The van der Waals surface area contributed by atoms with Crippen LogP contribution in [0.3, 0.4) is 0 Å². The summed E-state index contributed by atoms with van der Waals surface area (Å²) in [4.78, 5) is 8.74. The second-order valence-corrected chi connectivity index (χ2v) is 2.93. The molecule has 1 aliphatic rings. The van der Waals surface area contributed by atoms with Gasteiger partial charge in [0.05, 0.1) is 6.10 Å². The number of hydrogen-bond acceptors (Lipinski definition) is 7. The van der Waals surface area contributed by atoms with Crippen LogP contribution in [0.5, 0.6) is 0 Å². The molecule has 1 aliphatic heterocycles. The van der Waals surface area contributed by atoms with E-state index in [4.69, 9.17) is 16.5 Å². The third-order valence-corrected chi connectivity index (χ3v) is 2.07. The Kier molecular flexibility index (Phi) is 3.56. The quantitative estimate of drug-likeness (QED) is 0.362. The summed E-state index contributed by atoms with van der Waals surface area (Å²) in [6.45, 7) is 1.59. The van der Waals surface area contributed by atoms with Crippen LogP contribution in [0.1, 0.15) is 6.92 Å². The fourth-order valence-corrected chi connectivity index (χ4v) is 1.27. The van der Waals surface area contributed by atoms with Gasteiger partial charge in [-0.2, -0.15) is 0 Å². The molecule has 5 unspecified atom stereocenters. The molecule has 0 spiro atoms. The predicted molar refractivity (Wildman–Crippen MR) is 40.7 cm³/mol. The van der Waals surface area contributed by atoms with Gasteiger partial charge < -0.3 is 14.9 Å². The Morgan fingerprint density at radius 1 is 1.15 bits per heavy atom. The van der Waals surface area contributed by atoms with Crippen molar-refractivity contribution in [3.8, 4) is 0 Å². The molecule has 78 valence electrons. The van der Waals surface area contributed by atoms with E-state index in [1.165, 1.54) is 0 Å². The van der Waals surface area contributed by atoms with Crippen LogP contribution in [0.2, 0.25) is 0 Å².